The zero-order valence-electron chi connectivity index (χ0n) is 16.6. The highest BCUT2D eigenvalue weighted by Gasteiger charge is 2.51. The van der Waals surface area contributed by atoms with Gasteiger partial charge >= 0.3 is 0 Å². The maximum absolute atomic E-state index is 13.3. The Bertz CT molecular complexity index is 1140. The van der Waals surface area contributed by atoms with E-state index < -0.39 is 27.9 Å². The number of nitrogens with zero attached hydrogens (tertiary/aromatic N) is 2. The Kier molecular flexibility index (Phi) is 5.71. The van der Waals surface area contributed by atoms with Crippen LogP contribution in [0.5, 0.6) is 0 Å². The molecule has 0 bridgehead atoms. The van der Waals surface area contributed by atoms with Crippen LogP contribution < -0.4 is 10.2 Å². The van der Waals surface area contributed by atoms with Crippen LogP contribution in [0.3, 0.4) is 0 Å². The zero-order valence-corrected chi connectivity index (χ0v) is 19.0. The summed E-state index contributed by atoms with van der Waals surface area (Å²) >= 11 is 3.29. The van der Waals surface area contributed by atoms with Gasteiger partial charge in [-0.15, -0.1) is 0 Å². The predicted molar refractivity (Wildman–Crippen MR) is 118 cm³/mol. The zero-order chi connectivity index (χ0) is 22.3. The molecule has 31 heavy (non-hydrogen) atoms. The molecule has 2 fully saturated rings. The number of carbonyl (C=O) groups excluding carboxylic acids is 3. The molecule has 2 aliphatic rings. The second-order valence-corrected chi connectivity index (χ2v) is 10.3. The van der Waals surface area contributed by atoms with Gasteiger partial charge in [0.1, 0.15) is 6.04 Å². The lowest BCUT2D eigenvalue weighted by Gasteiger charge is -2.26. The summed E-state index contributed by atoms with van der Waals surface area (Å²) in [5, 5.41) is 2.62. The standard InChI is InChI=1S/C21H20BrN3O5S/c1-13(26)23-15-4-6-16(7-5-15)24-20(27)12-19(21(24)28)25(17-8-9-17)31(29,30)18-10-2-14(22)3-11-18/h2-7,10-11,17,19H,8-9,12H2,1H3,(H,23,26). The third kappa shape index (κ3) is 4.28. The first-order chi connectivity index (χ1) is 14.7. The van der Waals surface area contributed by atoms with E-state index in [1.54, 1.807) is 36.4 Å². The first-order valence-corrected chi connectivity index (χ1v) is 12.0. The second kappa shape index (κ2) is 8.18. The number of sulfonamides is 1. The number of benzene rings is 2. The fourth-order valence-electron chi connectivity index (χ4n) is 3.66. The van der Waals surface area contributed by atoms with Crippen LogP contribution in [0.4, 0.5) is 11.4 Å². The van der Waals surface area contributed by atoms with Gasteiger partial charge in [-0.05, 0) is 61.4 Å². The monoisotopic (exact) mass is 505 g/mol. The third-order valence-electron chi connectivity index (χ3n) is 5.17. The summed E-state index contributed by atoms with van der Waals surface area (Å²) in [6, 6.07) is 11.1. The van der Waals surface area contributed by atoms with Gasteiger partial charge < -0.3 is 5.32 Å². The van der Waals surface area contributed by atoms with Gasteiger partial charge in [0.25, 0.3) is 5.91 Å². The second-order valence-electron chi connectivity index (χ2n) is 7.54. The van der Waals surface area contributed by atoms with Crippen LogP contribution in [0.25, 0.3) is 0 Å². The van der Waals surface area contributed by atoms with Crippen molar-refractivity contribution in [1.82, 2.24) is 4.31 Å². The first-order valence-electron chi connectivity index (χ1n) is 9.72. The van der Waals surface area contributed by atoms with E-state index in [-0.39, 0.29) is 23.3 Å². The normalized spacial score (nSPS) is 19.2. The van der Waals surface area contributed by atoms with Gasteiger partial charge in [-0.3, -0.25) is 14.4 Å². The summed E-state index contributed by atoms with van der Waals surface area (Å²) in [5.74, 6) is -1.26. The van der Waals surface area contributed by atoms with E-state index in [0.717, 1.165) is 9.37 Å². The molecule has 1 saturated carbocycles. The van der Waals surface area contributed by atoms with Crippen LogP contribution in [0.1, 0.15) is 26.2 Å². The molecule has 1 heterocycles. The fourth-order valence-corrected chi connectivity index (χ4v) is 5.75. The van der Waals surface area contributed by atoms with Crippen LogP contribution in [0, 0.1) is 0 Å². The molecule has 0 spiro atoms. The molecule has 0 radical (unpaired) electrons. The van der Waals surface area contributed by atoms with Crippen molar-refractivity contribution >= 4 is 55.0 Å². The van der Waals surface area contributed by atoms with Crippen molar-refractivity contribution in [2.24, 2.45) is 0 Å². The number of hydrogen-bond donors (Lipinski definition) is 1. The van der Waals surface area contributed by atoms with E-state index in [4.69, 9.17) is 0 Å². The minimum Gasteiger partial charge on any atom is -0.326 e. The number of rotatable bonds is 6. The topological polar surface area (TPSA) is 104 Å². The Morgan fingerprint density at radius 3 is 2.23 bits per heavy atom. The molecule has 3 amide bonds. The van der Waals surface area contributed by atoms with Crippen molar-refractivity contribution in [3.05, 3.63) is 53.0 Å². The molecule has 162 valence electrons. The molecule has 10 heteroatoms. The quantitative estimate of drug-likeness (QED) is 0.607. The van der Waals surface area contributed by atoms with Crippen molar-refractivity contribution in [3.8, 4) is 0 Å². The Morgan fingerprint density at radius 1 is 1.06 bits per heavy atom. The van der Waals surface area contributed by atoms with Crippen molar-refractivity contribution in [2.75, 3.05) is 10.2 Å². The Labute approximate surface area is 188 Å². The SMILES string of the molecule is CC(=O)Nc1ccc(N2C(=O)CC(N(C3CC3)S(=O)(=O)c3ccc(Br)cc3)C2=O)cc1. The third-order valence-corrected chi connectivity index (χ3v) is 7.68. The number of halogens is 1. The lowest BCUT2D eigenvalue weighted by atomic mass is 10.2. The fraction of sp³-hybridized carbons (Fsp3) is 0.286. The number of carbonyl (C=O) groups is 3. The summed E-state index contributed by atoms with van der Waals surface area (Å²) < 4.78 is 28.6. The molecular formula is C21H20BrN3O5S. The van der Waals surface area contributed by atoms with E-state index in [9.17, 15) is 22.8 Å². The Morgan fingerprint density at radius 2 is 1.68 bits per heavy atom. The van der Waals surface area contributed by atoms with Crippen molar-refractivity contribution < 1.29 is 22.8 Å². The molecule has 1 unspecified atom stereocenters. The minimum absolute atomic E-state index is 0.0842. The number of imide groups is 1. The summed E-state index contributed by atoms with van der Waals surface area (Å²) in [6.07, 6.45) is 1.09. The van der Waals surface area contributed by atoms with E-state index in [1.165, 1.54) is 23.4 Å². The van der Waals surface area contributed by atoms with Crippen molar-refractivity contribution in [2.45, 2.75) is 43.2 Å². The molecule has 2 aromatic rings. The first kappa shape index (κ1) is 21.7. The van der Waals surface area contributed by atoms with Crippen LogP contribution in [0.2, 0.25) is 0 Å². The highest BCUT2D eigenvalue weighted by Crippen LogP contribution is 2.38. The van der Waals surface area contributed by atoms with Crippen LogP contribution in [-0.4, -0.2) is 42.5 Å². The summed E-state index contributed by atoms with van der Waals surface area (Å²) in [6.45, 7) is 1.38. The lowest BCUT2D eigenvalue weighted by Crippen LogP contribution is -2.46. The maximum Gasteiger partial charge on any atom is 0.252 e. The average Bonchev–Trinajstić information content (AvgIpc) is 3.49. The van der Waals surface area contributed by atoms with Gasteiger partial charge in [-0.1, -0.05) is 15.9 Å². The van der Waals surface area contributed by atoms with Gasteiger partial charge in [0.05, 0.1) is 17.0 Å². The molecule has 1 aliphatic heterocycles. The summed E-state index contributed by atoms with van der Waals surface area (Å²) in [4.78, 5) is 38.2. The van der Waals surface area contributed by atoms with Crippen molar-refractivity contribution in [1.29, 1.82) is 0 Å². The van der Waals surface area contributed by atoms with Gasteiger partial charge in [-0.25, -0.2) is 13.3 Å². The minimum atomic E-state index is -3.95. The summed E-state index contributed by atoms with van der Waals surface area (Å²) in [7, 11) is -3.95. The van der Waals surface area contributed by atoms with Crippen LogP contribution in [-0.2, 0) is 24.4 Å². The Hall–Kier alpha value is -2.56. The van der Waals surface area contributed by atoms with E-state index in [0.29, 0.717) is 24.2 Å². The van der Waals surface area contributed by atoms with Gasteiger partial charge in [0.15, 0.2) is 0 Å². The molecule has 8 nitrogen and oxygen atoms in total. The lowest BCUT2D eigenvalue weighted by molar-refractivity contribution is -0.122. The van der Waals surface area contributed by atoms with Gasteiger partial charge in [0.2, 0.25) is 21.8 Å². The van der Waals surface area contributed by atoms with E-state index in [1.807, 2.05) is 0 Å². The van der Waals surface area contributed by atoms with Crippen molar-refractivity contribution in [3.63, 3.8) is 0 Å². The largest absolute Gasteiger partial charge is 0.326 e. The molecular weight excluding hydrogens is 486 g/mol. The number of anilines is 2. The number of amides is 3. The highest BCUT2D eigenvalue weighted by molar-refractivity contribution is 9.10. The van der Waals surface area contributed by atoms with Crippen LogP contribution >= 0.6 is 15.9 Å². The van der Waals surface area contributed by atoms with Crippen LogP contribution in [0.15, 0.2) is 57.9 Å². The molecule has 1 aliphatic carbocycles. The molecule has 1 N–H and O–H groups in total. The van der Waals surface area contributed by atoms with Gasteiger partial charge in [-0.2, -0.15) is 4.31 Å². The molecule has 1 saturated heterocycles. The molecule has 0 aromatic heterocycles. The Balaban J connectivity index is 1.63. The molecule has 4 rings (SSSR count). The maximum atomic E-state index is 13.3. The molecule has 2 aromatic carbocycles. The van der Waals surface area contributed by atoms with E-state index >= 15 is 0 Å². The number of hydrogen-bond acceptors (Lipinski definition) is 5. The molecule has 1 atom stereocenters. The van der Waals surface area contributed by atoms with Gasteiger partial charge in [0, 0.05) is 23.1 Å². The van der Waals surface area contributed by atoms with E-state index in [2.05, 4.69) is 21.2 Å². The smallest absolute Gasteiger partial charge is 0.252 e. The average molecular weight is 506 g/mol. The number of nitrogens with one attached hydrogen (secondary N) is 1. The summed E-state index contributed by atoms with van der Waals surface area (Å²) in [5.41, 5.74) is 0.868. The highest BCUT2D eigenvalue weighted by atomic mass is 79.9. The predicted octanol–water partition coefficient (Wildman–Crippen LogP) is 2.89.